The van der Waals surface area contributed by atoms with Gasteiger partial charge < -0.3 is 9.84 Å². The molecule has 0 bridgehead atoms. The maximum absolute atomic E-state index is 11.9. The fourth-order valence-corrected chi connectivity index (χ4v) is 1.69. The third kappa shape index (κ3) is 3.34. The Morgan fingerprint density at radius 2 is 2.38 bits per heavy atom. The topological polar surface area (TPSA) is 58.4 Å². The van der Waals surface area contributed by atoms with E-state index in [0.717, 1.165) is 19.4 Å². The van der Waals surface area contributed by atoms with Gasteiger partial charge in [-0.25, -0.2) is 0 Å². The maximum Gasteiger partial charge on any atom is 0.242 e. The Balaban J connectivity index is 2.55. The van der Waals surface area contributed by atoms with Gasteiger partial charge in [0.25, 0.3) is 0 Å². The van der Waals surface area contributed by atoms with Gasteiger partial charge in [-0.3, -0.25) is 9.69 Å². The summed E-state index contributed by atoms with van der Waals surface area (Å²) < 4.78 is 4.66. The van der Waals surface area contributed by atoms with Crippen LogP contribution in [0.1, 0.15) is 26.7 Å². The van der Waals surface area contributed by atoms with E-state index >= 15 is 0 Å². The van der Waals surface area contributed by atoms with Gasteiger partial charge >= 0.3 is 0 Å². The first-order valence-corrected chi connectivity index (χ1v) is 5.60. The molecule has 0 radical (unpaired) electrons. The highest BCUT2D eigenvalue weighted by atomic mass is 16.5. The van der Waals surface area contributed by atoms with Crippen LogP contribution in [-0.2, 0) is 4.79 Å². The normalized spacial score (nSPS) is 12.8. The molecule has 0 saturated heterocycles. The second-order valence-electron chi connectivity index (χ2n) is 3.78. The molecule has 90 valence electrons. The molecular weight excluding hydrogens is 206 g/mol. The smallest absolute Gasteiger partial charge is 0.242 e. The Morgan fingerprint density at radius 1 is 1.62 bits per heavy atom. The number of nitrogens with zero attached hydrogens (tertiary/aromatic N) is 2. The molecule has 1 heterocycles. The Hall–Kier alpha value is -1.36. The Labute approximate surface area is 95.8 Å². The number of nitrogens with one attached hydrogen (secondary N) is 1. The molecule has 0 spiro atoms. The van der Waals surface area contributed by atoms with E-state index in [1.54, 1.807) is 6.07 Å². The first-order chi connectivity index (χ1) is 7.69. The number of aromatic nitrogens is 1. The van der Waals surface area contributed by atoms with Gasteiger partial charge in [0.1, 0.15) is 6.26 Å². The van der Waals surface area contributed by atoms with Crippen molar-refractivity contribution in [2.75, 3.05) is 18.9 Å². The van der Waals surface area contributed by atoms with Crippen molar-refractivity contribution in [2.45, 2.75) is 32.7 Å². The summed E-state index contributed by atoms with van der Waals surface area (Å²) in [6.45, 7) is 5.00. The second-order valence-corrected chi connectivity index (χ2v) is 3.78. The highest BCUT2D eigenvalue weighted by Gasteiger charge is 2.21. The molecule has 1 aromatic rings. The fourth-order valence-electron chi connectivity index (χ4n) is 1.69. The van der Waals surface area contributed by atoms with E-state index in [-0.39, 0.29) is 11.9 Å². The van der Waals surface area contributed by atoms with E-state index in [0.29, 0.717) is 5.82 Å². The van der Waals surface area contributed by atoms with E-state index in [4.69, 9.17) is 0 Å². The van der Waals surface area contributed by atoms with Crippen LogP contribution in [0.2, 0.25) is 0 Å². The number of amides is 1. The van der Waals surface area contributed by atoms with Gasteiger partial charge in [-0.2, -0.15) is 0 Å². The van der Waals surface area contributed by atoms with Crippen molar-refractivity contribution in [2.24, 2.45) is 0 Å². The fraction of sp³-hybridized carbons (Fsp3) is 0.636. The van der Waals surface area contributed by atoms with Crippen LogP contribution in [0.4, 0.5) is 5.82 Å². The van der Waals surface area contributed by atoms with Crippen LogP contribution in [0.25, 0.3) is 0 Å². The summed E-state index contributed by atoms with van der Waals surface area (Å²) in [7, 11) is 1.96. The summed E-state index contributed by atoms with van der Waals surface area (Å²) in [4.78, 5) is 14.0. The third-order valence-corrected chi connectivity index (χ3v) is 2.49. The lowest BCUT2D eigenvalue weighted by Crippen LogP contribution is -2.41. The van der Waals surface area contributed by atoms with Gasteiger partial charge in [0, 0.05) is 6.07 Å². The Kier molecular flexibility index (Phi) is 4.98. The summed E-state index contributed by atoms with van der Waals surface area (Å²) in [5, 5.41) is 6.38. The SMILES string of the molecule is CCCN(C)[C@@H](CC)C(=O)Nc1ccon1. The van der Waals surface area contributed by atoms with Gasteiger partial charge in [-0.15, -0.1) is 0 Å². The van der Waals surface area contributed by atoms with Crippen molar-refractivity contribution < 1.29 is 9.32 Å². The molecule has 1 amide bonds. The maximum atomic E-state index is 11.9. The number of carbonyl (C=O) groups excluding carboxylic acids is 1. The molecule has 5 nitrogen and oxygen atoms in total. The quantitative estimate of drug-likeness (QED) is 0.801. The largest absolute Gasteiger partial charge is 0.363 e. The van der Waals surface area contributed by atoms with Gasteiger partial charge in [0.05, 0.1) is 6.04 Å². The summed E-state index contributed by atoms with van der Waals surface area (Å²) in [6.07, 6.45) is 3.25. The number of likely N-dealkylation sites (N-methyl/N-ethyl adjacent to an activating group) is 1. The minimum Gasteiger partial charge on any atom is -0.363 e. The molecule has 0 saturated carbocycles. The van der Waals surface area contributed by atoms with E-state index in [1.165, 1.54) is 6.26 Å². The van der Waals surface area contributed by atoms with Crippen LogP contribution in [0.5, 0.6) is 0 Å². The van der Waals surface area contributed by atoms with Gasteiger partial charge in [-0.05, 0) is 26.4 Å². The van der Waals surface area contributed by atoms with Crippen LogP contribution >= 0.6 is 0 Å². The molecule has 5 heteroatoms. The highest BCUT2D eigenvalue weighted by Crippen LogP contribution is 2.07. The van der Waals surface area contributed by atoms with Gasteiger partial charge in [-0.1, -0.05) is 19.0 Å². The van der Waals surface area contributed by atoms with Crippen molar-refractivity contribution in [1.82, 2.24) is 10.1 Å². The van der Waals surface area contributed by atoms with Crippen LogP contribution in [-0.4, -0.2) is 35.6 Å². The highest BCUT2D eigenvalue weighted by molar-refractivity contribution is 5.93. The lowest BCUT2D eigenvalue weighted by Gasteiger charge is -2.25. The molecular formula is C11H19N3O2. The summed E-state index contributed by atoms with van der Waals surface area (Å²) in [6, 6.07) is 1.52. The molecule has 1 atom stereocenters. The van der Waals surface area contributed by atoms with Crippen molar-refractivity contribution >= 4 is 11.7 Å². The molecule has 1 aromatic heterocycles. The molecule has 0 aliphatic heterocycles. The zero-order valence-electron chi connectivity index (χ0n) is 10.1. The number of rotatable bonds is 6. The second kappa shape index (κ2) is 6.27. The molecule has 16 heavy (non-hydrogen) atoms. The minimum atomic E-state index is -0.114. The average molecular weight is 225 g/mol. The van der Waals surface area contributed by atoms with Crippen LogP contribution in [0, 0.1) is 0 Å². The molecule has 0 aliphatic rings. The first kappa shape index (κ1) is 12.7. The molecule has 0 aromatic carbocycles. The predicted octanol–water partition coefficient (Wildman–Crippen LogP) is 1.73. The lowest BCUT2D eigenvalue weighted by atomic mass is 10.2. The molecule has 1 N–H and O–H groups in total. The average Bonchev–Trinajstić information content (AvgIpc) is 2.71. The summed E-state index contributed by atoms with van der Waals surface area (Å²) in [5.74, 6) is 0.431. The van der Waals surface area contributed by atoms with Crippen LogP contribution in [0.3, 0.4) is 0 Å². The number of hydrogen-bond donors (Lipinski definition) is 1. The molecule has 0 aliphatic carbocycles. The number of anilines is 1. The van der Waals surface area contributed by atoms with E-state index in [9.17, 15) is 4.79 Å². The number of carbonyl (C=O) groups is 1. The molecule has 0 unspecified atom stereocenters. The van der Waals surface area contributed by atoms with E-state index in [1.807, 2.05) is 14.0 Å². The zero-order chi connectivity index (χ0) is 12.0. The van der Waals surface area contributed by atoms with Crippen molar-refractivity contribution in [3.05, 3.63) is 12.3 Å². The molecule has 1 rings (SSSR count). The molecule has 0 fully saturated rings. The third-order valence-electron chi connectivity index (χ3n) is 2.49. The zero-order valence-corrected chi connectivity index (χ0v) is 10.1. The Bertz CT molecular complexity index is 311. The standard InChI is InChI=1S/C11H19N3O2/c1-4-7-14(3)9(5-2)11(15)12-10-6-8-16-13-10/h6,8-9H,4-5,7H2,1-3H3,(H,12,13,15)/t9-/m0/s1. The van der Waals surface area contributed by atoms with Crippen molar-refractivity contribution in [3.63, 3.8) is 0 Å². The van der Waals surface area contributed by atoms with Crippen LogP contribution in [0.15, 0.2) is 16.9 Å². The predicted molar refractivity (Wildman–Crippen MR) is 62.1 cm³/mol. The monoisotopic (exact) mass is 225 g/mol. The van der Waals surface area contributed by atoms with E-state index in [2.05, 4.69) is 26.8 Å². The van der Waals surface area contributed by atoms with Crippen LogP contribution < -0.4 is 5.32 Å². The Morgan fingerprint density at radius 3 is 2.88 bits per heavy atom. The summed E-state index contributed by atoms with van der Waals surface area (Å²) in [5.41, 5.74) is 0. The first-order valence-electron chi connectivity index (χ1n) is 5.60. The number of hydrogen-bond acceptors (Lipinski definition) is 4. The van der Waals surface area contributed by atoms with Gasteiger partial charge in [0.2, 0.25) is 5.91 Å². The van der Waals surface area contributed by atoms with Crippen molar-refractivity contribution in [1.29, 1.82) is 0 Å². The van der Waals surface area contributed by atoms with Gasteiger partial charge in [0.15, 0.2) is 5.82 Å². The summed E-state index contributed by atoms with van der Waals surface area (Å²) >= 11 is 0. The van der Waals surface area contributed by atoms with E-state index < -0.39 is 0 Å². The van der Waals surface area contributed by atoms with Crippen molar-refractivity contribution in [3.8, 4) is 0 Å². The minimum absolute atomic E-state index is 0.0349. The lowest BCUT2D eigenvalue weighted by molar-refractivity contribution is -0.121.